The molecule has 2 aromatic heterocycles. The van der Waals surface area contributed by atoms with Crippen LogP contribution < -0.4 is 0 Å². The van der Waals surface area contributed by atoms with Gasteiger partial charge in [0.2, 0.25) is 0 Å². The van der Waals surface area contributed by atoms with Gasteiger partial charge in [-0.2, -0.15) is 5.10 Å². The number of carboxylic acids is 1. The maximum absolute atomic E-state index is 10.6. The first kappa shape index (κ1) is 11.3. The molecule has 0 spiro atoms. The van der Waals surface area contributed by atoms with Crippen molar-refractivity contribution in [3.63, 3.8) is 0 Å². The van der Waals surface area contributed by atoms with Gasteiger partial charge in [0.15, 0.2) is 0 Å². The third-order valence-electron chi connectivity index (χ3n) is 2.70. The predicted octanol–water partition coefficient (Wildman–Crippen LogP) is 1.42. The fraction of sp³-hybridized carbons (Fsp3) is 0.250. The summed E-state index contributed by atoms with van der Waals surface area (Å²) in [6.07, 6.45) is 5.04. The number of aliphatic carboxylic acids is 1. The molecule has 0 bridgehead atoms. The van der Waals surface area contributed by atoms with E-state index in [4.69, 9.17) is 5.11 Å². The van der Waals surface area contributed by atoms with E-state index in [-0.39, 0.29) is 6.42 Å². The number of carbonyl (C=O) groups is 1. The number of carboxylic acid groups (broad SMARTS) is 1. The van der Waals surface area contributed by atoms with Gasteiger partial charge >= 0.3 is 5.97 Å². The molecule has 88 valence electrons. The Morgan fingerprint density at radius 2 is 2.18 bits per heavy atom. The Morgan fingerprint density at radius 3 is 2.76 bits per heavy atom. The molecule has 0 fully saturated rings. The number of pyridine rings is 1. The summed E-state index contributed by atoms with van der Waals surface area (Å²) in [5, 5.41) is 12.9. The van der Waals surface area contributed by atoms with Crippen molar-refractivity contribution in [3.8, 4) is 11.1 Å². The number of aromatic nitrogens is 3. The third kappa shape index (κ3) is 2.33. The summed E-state index contributed by atoms with van der Waals surface area (Å²) < 4.78 is 1.78. The number of nitrogens with zero attached hydrogens (tertiary/aromatic N) is 3. The third-order valence-corrected chi connectivity index (χ3v) is 2.70. The van der Waals surface area contributed by atoms with Crippen LogP contribution in [0.3, 0.4) is 0 Å². The highest BCUT2D eigenvalue weighted by Gasteiger charge is 2.08. The molecule has 5 heteroatoms. The molecule has 0 amide bonds. The summed E-state index contributed by atoms with van der Waals surface area (Å²) in [7, 11) is 1.87. The van der Waals surface area contributed by atoms with Gasteiger partial charge < -0.3 is 5.11 Å². The lowest BCUT2D eigenvalue weighted by Gasteiger charge is -2.02. The Labute approximate surface area is 98.7 Å². The van der Waals surface area contributed by atoms with Crippen LogP contribution in [-0.4, -0.2) is 25.8 Å². The minimum Gasteiger partial charge on any atom is -0.481 e. The van der Waals surface area contributed by atoms with Crippen molar-refractivity contribution in [2.45, 2.75) is 13.3 Å². The van der Waals surface area contributed by atoms with Crippen LogP contribution in [0, 0.1) is 6.92 Å². The average molecular weight is 231 g/mol. The summed E-state index contributed by atoms with van der Waals surface area (Å²) in [6.45, 7) is 1.96. The van der Waals surface area contributed by atoms with E-state index >= 15 is 0 Å². The molecule has 0 aliphatic rings. The number of hydrogen-bond donors (Lipinski definition) is 1. The van der Waals surface area contributed by atoms with Gasteiger partial charge in [-0.05, 0) is 18.6 Å². The Hall–Kier alpha value is -2.17. The van der Waals surface area contributed by atoms with Crippen LogP contribution in [0.1, 0.15) is 11.3 Å². The van der Waals surface area contributed by atoms with E-state index in [0.29, 0.717) is 5.56 Å². The number of rotatable bonds is 3. The van der Waals surface area contributed by atoms with E-state index in [1.807, 2.05) is 20.0 Å². The quantitative estimate of drug-likeness (QED) is 0.867. The fourth-order valence-corrected chi connectivity index (χ4v) is 1.69. The van der Waals surface area contributed by atoms with E-state index < -0.39 is 5.97 Å². The summed E-state index contributed by atoms with van der Waals surface area (Å²) >= 11 is 0. The minimum atomic E-state index is -0.855. The standard InChI is InChI=1S/C12H13N3O2/c1-8-11(7-14-15(8)2)10-3-9(4-12(16)17)5-13-6-10/h3,5-7H,4H2,1-2H3,(H,16,17). The molecule has 0 aliphatic heterocycles. The Morgan fingerprint density at radius 1 is 1.41 bits per heavy atom. The molecule has 2 heterocycles. The Bertz CT molecular complexity index is 561. The first-order valence-corrected chi connectivity index (χ1v) is 5.22. The van der Waals surface area contributed by atoms with Gasteiger partial charge in [-0.3, -0.25) is 14.5 Å². The highest BCUT2D eigenvalue weighted by atomic mass is 16.4. The molecular formula is C12H13N3O2. The molecule has 2 aromatic rings. The van der Waals surface area contributed by atoms with E-state index in [2.05, 4.69) is 10.1 Å². The van der Waals surface area contributed by atoms with E-state index in [1.54, 1.807) is 23.3 Å². The molecule has 0 radical (unpaired) electrons. The smallest absolute Gasteiger partial charge is 0.307 e. The van der Waals surface area contributed by atoms with Crippen LogP contribution in [0.5, 0.6) is 0 Å². The summed E-state index contributed by atoms with van der Waals surface area (Å²) in [5.74, 6) is -0.855. The normalized spacial score (nSPS) is 10.5. The molecule has 0 unspecified atom stereocenters. The molecule has 0 aliphatic carbocycles. The van der Waals surface area contributed by atoms with E-state index in [0.717, 1.165) is 16.8 Å². The van der Waals surface area contributed by atoms with Gasteiger partial charge in [-0.25, -0.2) is 0 Å². The summed E-state index contributed by atoms with van der Waals surface area (Å²) in [5.41, 5.74) is 3.60. The first-order valence-electron chi connectivity index (χ1n) is 5.22. The highest BCUT2D eigenvalue weighted by Crippen LogP contribution is 2.22. The maximum Gasteiger partial charge on any atom is 0.307 e. The predicted molar refractivity (Wildman–Crippen MR) is 62.5 cm³/mol. The lowest BCUT2D eigenvalue weighted by Crippen LogP contribution is -2.00. The van der Waals surface area contributed by atoms with Gasteiger partial charge in [0.05, 0.1) is 12.6 Å². The molecular weight excluding hydrogens is 218 g/mol. The van der Waals surface area contributed by atoms with Crippen molar-refractivity contribution >= 4 is 5.97 Å². The van der Waals surface area contributed by atoms with Crippen LogP contribution in [0.2, 0.25) is 0 Å². The molecule has 17 heavy (non-hydrogen) atoms. The fourth-order valence-electron chi connectivity index (χ4n) is 1.69. The molecule has 0 aromatic carbocycles. The number of hydrogen-bond acceptors (Lipinski definition) is 3. The second-order valence-electron chi connectivity index (χ2n) is 3.92. The zero-order valence-corrected chi connectivity index (χ0v) is 9.71. The van der Waals surface area contributed by atoms with Gasteiger partial charge in [0.25, 0.3) is 0 Å². The largest absolute Gasteiger partial charge is 0.481 e. The van der Waals surface area contributed by atoms with Crippen LogP contribution in [-0.2, 0) is 18.3 Å². The number of aryl methyl sites for hydroxylation is 1. The topological polar surface area (TPSA) is 68.0 Å². The van der Waals surface area contributed by atoms with Crippen molar-refractivity contribution in [3.05, 3.63) is 35.9 Å². The van der Waals surface area contributed by atoms with Gasteiger partial charge in [0, 0.05) is 36.3 Å². The van der Waals surface area contributed by atoms with Crippen LogP contribution in [0.25, 0.3) is 11.1 Å². The van der Waals surface area contributed by atoms with Gasteiger partial charge in [0.1, 0.15) is 0 Å². The molecule has 1 N–H and O–H groups in total. The highest BCUT2D eigenvalue weighted by molar-refractivity contribution is 5.72. The zero-order chi connectivity index (χ0) is 12.4. The Balaban J connectivity index is 2.39. The van der Waals surface area contributed by atoms with Crippen LogP contribution in [0.4, 0.5) is 0 Å². The van der Waals surface area contributed by atoms with Crippen molar-refractivity contribution in [2.75, 3.05) is 0 Å². The zero-order valence-electron chi connectivity index (χ0n) is 9.71. The average Bonchev–Trinajstić information content (AvgIpc) is 2.59. The molecule has 0 saturated heterocycles. The Kier molecular flexibility index (Phi) is 2.91. The lowest BCUT2D eigenvalue weighted by atomic mass is 10.1. The second-order valence-corrected chi connectivity index (χ2v) is 3.92. The van der Waals surface area contributed by atoms with Crippen LogP contribution >= 0.6 is 0 Å². The monoisotopic (exact) mass is 231 g/mol. The summed E-state index contributed by atoms with van der Waals surface area (Å²) in [4.78, 5) is 14.7. The van der Waals surface area contributed by atoms with Crippen molar-refractivity contribution in [2.24, 2.45) is 7.05 Å². The van der Waals surface area contributed by atoms with E-state index in [1.165, 1.54) is 0 Å². The first-order chi connectivity index (χ1) is 8.08. The van der Waals surface area contributed by atoms with Gasteiger partial charge in [-0.1, -0.05) is 0 Å². The lowest BCUT2D eigenvalue weighted by molar-refractivity contribution is -0.136. The van der Waals surface area contributed by atoms with Crippen molar-refractivity contribution in [1.82, 2.24) is 14.8 Å². The maximum atomic E-state index is 10.6. The molecule has 5 nitrogen and oxygen atoms in total. The second kappa shape index (κ2) is 4.37. The van der Waals surface area contributed by atoms with Crippen LogP contribution in [0.15, 0.2) is 24.7 Å². The SMILES string of the molecule is Cc1c(-c2cncc(CC(=O)O)c2)cnn1C. The summed E-state index contributed by atoms with van der Waals surface area (Å²) in [6, 6.07) is 1.84. The van der Waals surface area contributed by atoms with Gasteiger partial charge in [-0.15, -0.1) is 0 Å². The van der Waals surface area contributed by atoms with E-state index in [9.17, 15) is 4.79 Å². The van der Waals surface area contributed by atoms with Crippen molar-refractivity contribution in [1.29, 1.82) is 0 Å². The minimum absolute atomic E-state index is 0.0137. The molecule has 2 rings (SSSR count). The molecule has 0 atom stereocenters. The molecule has 0 saturated carbocycles. The van der Waals surface area contributed by atoms with Crippen molar-refractivity contribution < 1.29 is 9.90 Å².